The molecule has 0 unspecified atom stereocenters. The van der Waals surface area contributed by atoms with Crippen molar-refractivity contribution in [3.05, 3.63) is 71.3 Å². The Balaban J connectivity index is 1.46. The molecule has 10 nitrogen and oxygen atoms in total. The molecule has 0 spiro atoms. The van der Waals surface area contributed by atoms with Gasteiger partial charge in [-0.05, 0) is 92.3 Å². The molecule has 0 bridgehead atoms. The molecule has 0 saturated heterocycles. The molecule has 2 heterocycles. The topological polar surface area (TPSA) is 184 Å². The van der Waals surface area contributed by atoms with Crippen molar-refractivity contribution in [2.24, 2.45) is 23.5 Å². The van der Waals surface area contributed by atoms with E-state index in [-0.39, 0.29) is 35.9 Å². The Morgan fingerprint density at radius 3 is 2.67 bits per heavy atom. The summed E-state index contributed by atoms with van der Waals surface area (Å²) < 4.78 is 6.23. The van der Waals surface area contributed by atoms with E-state index in [1.54, 1.807) is 12.1 Å². The smallest absolute Gasteiger partial charge is 0.161 e. The maximum Gasteiger partial charge on any atom is 0.161 e. The van der Waals surface area contributed by atoms with Gasteiger partial charge in [0.2, 0.25) is 0 Å². The minimum absolute atomic E-state index is 0.0963. The maximum atomic E-state index is 11.1. The molecule has 4 rings (SSSR count). The minimum atomic E-state index is -1.20. The fraction of sp³-hybridized carbons (Fsp3) is 0.556. The highest BCUT2D eigenvalue weighted by atomic mass is 16.5. The molecular weight excluding hydrogens is 586 g/mol. The van der Waals surface area contributed by atoms with Crippen LogP contribution in [-0.4, -0.2) is 79.8 Å². The van der Waals surface area contributed by atoms with E-state index in [1.165, 1.54) is 6.07 Å². The lowest BCUT2D eigenvalue weighted by atomic mass is 9.85. The van der Waals surface area contributed by atoms with E-state index in [4.69, 9.17) is 10.5 Å². The van der Waals surface area contributed by atoms with E-state index in [2.05, 4.69) is 22.1 Å². The number of dihydropyridines is 1. The summed E-state index contributed by atoms with van der Waals surface area (Å²) in [6.07, 6.45) is 8.41. The van der Waals surface area contributed by atoms with Gasteiger partial charge in [0.05, 0.1) is 24.6 Å². The van der Waals surface area contributed by atoms with Crippen molar-refractivity contribution in [1.82, 2.24) is 10.3 Å². The Morgan fingerprint density at radius 2 is 1.93 bits per heavy atom. The highest BCUT2D eigenvalue weighted by Crippen LogP contribution is 2.33. The van der Waals surface area contributed by atoms with Gasteiger partial charge in [-0.25, -0.2) is 0 Å². The van der Waals surface area contributed by atoms with Crippen LogP contribution >= 0.6 is 0 Å². The van der Waals surface area contributed by atoms with Crippen LogP contribution in [0, 0.1) is 29.6 Å². The summed E-state index contributed by atoms with van der Waals surface area (Å²) in [6, 6.07) is 8.90. The quantitative estimate of drug-likeness (QED) is 0.133. The number of aromatic hydroxyl groups is 1. The Morgan fingerprint density at radius 1 is 1.11 bits per heavy atom. The number of aryl methyl sites for hydroxylation is 1. The first kappa shape index (κ1) is 35.4. The van der Waals surface area contributed by atoms with Gasteiger partial charge in [0.25, 0.3) is 0 Å². The third kappa shape index (κ3) is 10.5. The van der Waals surface area contributed by atoms with E-state index < -0.39 is 31.0 Å². The molecule has 2 aromatic rings. The van der Waals surface area contributed by atoms with Crippen molar-refractivity contribution in [2.45, 2.75) is 88.6 Å². The summed E-state index contributed by atoms with van der Waals surface area (Å²) in [5.74, 6) is 6.67. The fourth-order valence-corrected chi connectivity index (χ4v) is 6.39. The lowest BCUT2D eigenvalue weighted by molar-refractivity contribution is -0.0104. The van der Waals surface area contributed by atoms with Crippen molar-refractivity contribution < 1.29 is 35.4 Å². The Bertz CT molecular complexity index is 1330. The van der Waals surface area contributed by atoms with Crippen molar-refractivity contribution in [3.8, 4) is 23.3 Å². The molecule has 1 aromatic carbocycles. The van der Waals surface area contributed by atoms with E-state index >= 15 is 0 Å². The molecule has 0 fully saturated rings. The summed E-state index contributed by atoms with van der Waals surface area (Å²) in [5, 5.41) is 65.9. The second kappa shape index (κ2) is 18.0. The number of phenols is 1. The Labute approximate surface area is 272 Å². The number of hydrogen-bond donors (Lipinski definition) is 9. The van der Waals surface area contributed by atoms with E-state index in [1.807, 2.05) is 30.5 Å². The molecule has 0 amide bonds. The average Bonchev–Trinajstić information content (AvgIpc) is 3.57. The summed E-state index contributed by atoms with van der Waals surface area (Å²) in [7, 11) is 0. The molecule has 252 valence electrons. The Kier molecular flexibility index (Phi) is 13.9. The van der Waals surface area contributed by atoms with E-state index in [0.29, 0.717) is 57.3 Å². The molecule has 1 aliphatic carbocycles. The number of nitrogens with one attached hydrogen (secondary N) is 2. The SMILES string of the molecule is NC1=CC([C@@H](Cc2ccc[nH]2)C[C@H](Oc2cc(CC[C@@H](O)[C@H]3CC#C[C@@H](CCO)CCCC[C@@H]3O)ccc2O)[C@H](O)CO)=CCN1. The number of aromatic amines is 1. The van der Waals surface area contributed by atoms with Crippen molar-refractivity contribution in [2.75, 3.05) is 19.8 Å². The lowest BCUT2D eigenvalue weighted by Crippen LogP contribution is -2.37. The van der Waals surface area contributed by atoms with Crippen LogP contribution in [0.15, 0.2) is 60.1 Å². The van der Waals surface area contributed by atoms with Gasteiger partial charge in [-0.2, -0.15) is 0 Å². The zero-order valence-electron chi connectivity index (χ0n) is 26.5. The van der Waals surface area contributed by atoms with Crippen LogP contribution in [0.3, 0.4) is 0 Å². The highest BCUT2D eigenvalue weighted by molar-refractivity contribution is 5.42. The molecule has 46 heavy (non-hydrogen) atoms. The van der Waals surface area contributed by atoms with Crippen LogP contribution in [-0.2, 0) is 12.8 Å². The fourth-order valence-electron chi connectivity index (χ4n) is 6.39. The number of allylic oxidation sites excluding steroid dienone is 2. The number of H-pyrrole nitrogens is 1. The number of aliphatic hydroxyl groups is 5. The second-order valence-electron chi connectivity index (χ2n) is 12.6. The van der Waals surface area contributed by atoms with Gasteiger partial charge in [0.1, 0.15) is 12.2 Å². The summed E-state index contributed by atoms with van der Waals surface area (Å²) in [6.45, 7) is 0.164. The standard InChI is InChI=1S/C36H51N3O7/c37-36-22-26(14-17-39-36)27(20-28-7-4-16-38-28)21-35(33(45)23-41)46-34-19-25(11-13-32(34)44)10-12-31(43)29-8-3-6-24(15-18-40)5-1-2-9-30(29)42/h4,7,11,13-14,16,19,22,24,27,29-31,33,35,38-45H,1-2,5,8-10,12,15,17-18,20-21,23,37H2/t24-,27-,29-,30-,31+,33+,35-/m0/s1. The minimum Gasteiger partial charge on any atom is -0.504 e. The first-order valence-electron chi connectivity index (χ1n) is 16.5. The Hall–Kier alpha value is -3.46. The molecule has 2 aliphatic rings. The second-order valence-corrected chi connectivity index (χ2v) is 12.6. The lowest BCUT2D eigenvalue weighted by Gasteiger charge is -2.29. The van der Waals surface area contributed by atoms with Crippen LogP contribution in [0.1, 0.15) is 62.6 Å². The van der Waals surface area contributed by atoms with Crippen LogP contribution in [0.4, 0.5) is 0 Å². The number of aromatic nitrogens is 1. The van der Waals surface area contributed by atoms with Gasteiger partial charge >= 0.3 is 0 Å². The number of aliphatic hydroxyl groups excluding tert-OH is 5. The third-order valence-corrected chi connectivity index (χ3v) is 9.14. The summed E-state index contributed by atoms with van der Waals surface area (Å²) >= 11 is 0. The van der Waals surface area contributed by atoms with Crippen LogP contribution < -0.4 is 15.8 Å². The third-order valence-electron chi connectivity index (χ3n) is 9.14. The van der Waals surface area contributed by atoms with Crippen LogP contribution in [0.5, 0.6) is 11.5 Å². The number of rotatable bonds is 15. The van der Waals surface area contributed by atoms with E-state index in [0.717, 1.165) is 36.1 Å². The molecule has 10 heteroatoms. The molecule has 7 atom stereocenters. The molecule has 1 aliphatic heterocycles. The summed E-state index contributed by atoms with van der Waals surface area (Å²) in [5.41, 5.74) is 8.88. The van der Waals surface area contributed by atoms with Gasteiger partial charge in [-0.1, -0.05) is 30.9 Å². The first-order chi connectivity index (χ1) is 22.3. The van der Waals surface area contributed by atoms with E-state index in [9.17, 15) is 30.6 Å². The van der Waals surface area contributed by atoms with Crippen LogP contribution in [0.25, 0.3) is 0 Å². The zero-order chi connectivity index (χ0) is 32.9. The number of phenolic OH excluding ortho intramolecular Hbond substituents is 1. The van der Waals surface area contributed by atoms with Crippen molar-refractivity contribution in [1.29, 1.82) is 0 Å². The number of hydrogen-bond acceptors (Lipinski definition) is 9. The van der Waals surface area contributed by atoms with Gasteiger partial charge in [0, 0.05) is 43.3 Å². The normalized spacial score (nSPS) is 23.0. The predicted molar refractivity (Wildman–Crippen MR) is 176 cm³/mol. The van der Waals surface area contributed by atoms with Gasteiger partial charge in [-0.3, -0.25) is 0 Å². The van der Waals surface area contributed by atoms with Gasteiger partial charge in [-0.15, -0.1) is 5.92 Å². The number of nitrogens with two attached hydrogens (primary N) is 1. The number of benzene rings is 1. The van der Waals surface area contributed by atoms with Gasteiger partial charge < -0.3 is 51.4 Å². The maximum absolute atomic E-state index is 11.1. The largest absolute Gasteiger partial charge is 0.504 e. The molecule has 10 N–H and O–H groups in total. The monoisotopic (exact) mass is 637 g/mol. The molecule has 0 saturated carbocycles. The average molecular weight is 638 g/mol. The van der Waals surface area contributed by atoms with Crippen molar-refractivity contribution >= 4 is 0 Å². The first-order valence-corrected chi connectivity index (χ1v) is 16.5. The number of ether oxygens (including phenoxy) is 1. The van der Waals surface area contributed by atoms with Crippen LogP contribution in [0.2, 0.25) is 0 Å². The highest BCUT2D eigenvalue weighted by Gasteiger charge is 2.29. The molecule has 0 radical (unpaired) electrons. The summed E-state index contributed by atoms with van der Waals surface area (Å²) in [4.78, 5) is 3.23. The van der Waals surface area contributed by atoms with Gasteiger partial charge in [0.15, 0.2) is 11.5 Å². The molecular formula is C36H51N3O7. The van der Waals surface area contributed by atoms with Crippen molar-refractivity contribution in [3.63, 3.8) is 0 Å². The zero-order valence-corrected chi connectivity index (χ0v) is 26.5. The molecule has 1 aromatic heterocycles. The predicted octanol–water partition coefficient (Wildman–Crippen LogP) is 2.64.